The first-order valence-corrected chi connectivity index (χ1v) is 8.51. The topological polar surface area (TPSA) is 38.3 Å². The van der Waals surface area contributed by atoms with Gasteiger partial charge in [0.05, 0.1) is 10.2 Å². The zero-order chi connectivity index (χ0) is 14.5. The highest BCUT2D eigenvalue weighted by Gasteiger charge is 2.17. The van der Waals surface area contributed by atoms with E-state index in [9.17, 15) is 4.79 Å². The molecule has 2 rings (SSSR count). The van der Waals surface area contributed by atoms with Crippen molar-refractivity contribution in [2.24, 2.45) is 0 Å². The summed E-state index contributed by atoms with van der Waals surface area (Å²) in [5.74, 6) is 0.533. The van der Waals surface area contributed by atoms with Gasteiger partial charge in [-0.15, -0.1) is 0 Å². The van der Waals surface area contributed by atoms with Crippen LogP contribution >= 0.6 is 44.5 Å². The number of hydrogen-bond acceptors (Lipinski definition) is 3. The fourth-order valence-electron chi connectivity index (χ4n) is 1.71. The first-order chi connectivity index (χ1) is 9.61. The number of carbonyl (C=O) groups is 1. The third kappa shape index (κ3) is 3.90. The summed E-state index contributed by atoms with van der Waals surface area (Å²) in [6.45, 7) is 0. The van der Waals surface area contributed by atoms with E-state index in [1.165, 1.54) is 0 Å². The molecule has 0 fully saturated rings. The van der Waals surface area contributed by atoms with E-state index < -0.39 is 6.09 Å². The Hall–Kier alpha value is -0.720. The average Bonchev–Trinajstić information content (AvgIpc) is 2.46. The van der Waals surface area contributed by atoms with Gasteiger partial charge in [0, 0.05) is 10.7 Å². The van der Waals surface area contributed by atoms with E-state index >= 15 is 0 Å². The van der Waals surface area contributed by atoms with Gasteiger partial charge in [0.2, 0.25) is 0 Å². The fourth-order valence-corrected chi connectivity index (χ4v) is 2.72. The Morgan fingerprint density at radius 2 is 1.95 bits per heavy atom. The standard InChI is InChI=1S/C14H13Br2NO2S/c15-8-11(16)13(20)17-14(18)19-12-7-3-5-9-4-1-2-6-10(9)12/h1-7,11,13,20H,8H2,(H,17,18). The number of hydrogen-bond donors (Lipinski definition) is 2. The number of amides is 1. The molecule has 1 N–H and O–H groups in total. The van der Waals surface area contributed by atoms with E-state index in [-0.39, 0.29) is 10.2 Å². The quantitative estimate of drug-likeness (QED) is 0.440. The van der Waals surface area contributed by atoms with E-state index in [0.29, 0.717) is 11.1 Å². The summed E-state index contributed by atoms with van der Waals surface area (Å²) in [5.41, 5.74) is 0. The molecule has 3 nitrogen and oxygen atoms in total. The lowest BCUT2D eigenvalue weighted by Gasteiger charge is -2.17. The van der Waals surface area contributed by atoms with Crippen molar-refractivity contribution < 1.29 is 9.53 Å². The molecule has 0 spiro atoms. The number of nitrogens with one attached hydrogen (secondary N) is 1. The van der Waals surface area contributed by atoms with Gasteiger partial charge in [-0.25, -0.2) is 4.79 Å². The Labute approximate surface area is 139 Å². The molecular formula is C14H13Br2NO2S. The lowest BCUT2D eigenvalue weighted by Crippen LogP contribution is -2.39. The molecule has 2 unspecified atom stereocenters. The van der Waals surface area contributed by atoms with E-state index in [1.54, 1.807) is 6.07 Å². The summed E-state index contributed by atoms with van der Waals surface area (Å²) in [7, 11) is 0. The second kappa shape index (κ2) is 7.33. The van der Waals surface area contributed by atoms with E-state index in [1.807, 2.05) is 36.4 Å². The van der Waals surface area contributed by atoms with Crippen LogP contribution in [-0.2, 0) is 0 Å². The predicted octanol–water partition coefficient (Wildman–Crippen LogP) is 4.34. The van der Waals surface area contributed by atoms with Crippen LogP contribution in [0.4, 0.5) is 4.79 Å². The van der Waals surface area contributed by atoms with E-state index in [0.717, 1.165) is 10.8 Å². The smallest absolute Gasteiger partial charge is 0.410 e. The van der Waals surface area contributed by atoms with Crippen LogP contribution in [0, 0.1) is 0 Å². The van der Waals surface area contributed by atoms with E-state index in [4.69, 9.17) is 4.74 Å². The third-order valence-electron chi connectivity index (χ3n) is 2.71. The van der Waals surface area contributed by atoms with Gasteiger partial charge >= 0.3 is 6.09 Å². The minimum absolute atomic E-state index is 0.0194. The molecule has 2 aromatic carbocycles. The number of ether oxygens (including phenoxy) is 1. The number of benzene rings is 2. The largest absolute Gasteiger partial charge is 0.413 e. The van der Waals surface area contributed by atoms with Crippen molar-refractivity contribution in [2.45, 2.75) is 10.2 Å². The molecule has 2 aromatic rings. The summed E-state index contributed by atoms with van der Waals surface area (Å²) in [5, 5.41) is 4.94. The van der Waals surface area contributed by atoms with Gasteiger partial charge < -0.3 is 10.1 Å². The van der Waals surface area contributed by atoms with Crippen LogP contribution in [0.5, 0.6) is 5.75 Å². The molecular weight excluding hydrogens is 406 g/mol. The van der Waals surface area contributed by atoms with Crippen molar-refractivity contribution in [3.63, 3.8) is 0 Å². The van der Waals surface area contributed by atoms with Crippen LogP contribution in [-0.4, -0.2) is 21.6 Å². The van der Waals surface area contributed by atoms with E-state index in [2.05, 4.69) is 49.8 Å². The SMILES string of the molecule is O=C(NC(S)C(Br)CBr)Oc1cccc2ccccc12. The van der Waals surface area contributed by atoms with Gasteiger partial charge in [-0.05, 0) is 11.5 Å². The summed E-state index contributed by atoms with van der Waals surface area (Å²) >= 11 is 11.0. The van der Waals surface area contributed by atoms with Crippen LogP contribution in [0.1, 0.15) is 0 Å². The molecule has 106 valence electrons. The Bertz CT molecular complexity index is 603. The summed E-state index contributed by atoms with van der Waals surface area (Å²) < 4.78 is 5.36. The zero-order valence-corrected chi connectivity index (χ0v) is 14.5. The number of halogens is 2. The molecule has 0 heterocycles. The van der Waals surface area contributed by atoms with Crippen LogP contribution in [0.3, 0.4) is 0 Å². The molecule has 0 aromatic heterocycles. The van der Waals surface area contributed by atoms with Gasteiger partial charge in [0.15, 0.2) is 0 Å². The predicted molar refractivity (Wildman–Crippen MR) is 92.4 cm³/mol. The zero-order valence-electron chi connectivity index (χ0n) is 10.4. The molecule has 0 aliphatic carbocycles. The monoisotopic (exact) mass is 417 g/mol. The van der Waals surface area contributed by atoms with Gasteiger partial charge in [-0.3, -0.25) is 0 Å². The Balaban J connectivity index is 2.10. The molecule has 1 amide bonds. The Morgan fingerprint density at radius 1 is 1.25 bits per heavy atom. The summed E-state index contributed by atoms with van der Waals surface area (Å²) in [6, 6.07) is 13.3. The molecule has 0 saturated heterocycles. The molecule has 0 radical (unpaired) electrons. The normalized spacial score (nSPS) is 13.8. The maximum atomic E-state index is 11.9. The van der Waals surface area contributed by atoms with Gasteiger partial charge in [0.25, 0.3) is 0 Å². The highest BCUT2D eigenvalue weighted by molar-refractivity contribution is 9.12. The van der Waals surface area contributed by atoms with Crippen molar-refractivity contribution in [2.75, 3.05) is 5.33 Å². The van der Waals surface area contributed by atoms with Gasteiger partial charge in [-0.2, -0.15) is 12.6 Å². The van der Waals surface area contributed by atoms with Crippen molar-refractivity contribution in [1.29, 1.82) is 0 Å². The van der Waals surface area contributed by atoms with Crippen LogP contribution in [0.15, 0.2) is 42.5 Å². The highest BCUT2D eigenvalue weighted by Crippen LogP contribution is 2.25. The molecule has 0 aliphatic heterocycles. The molecule has 6 heteroatoms. The van der Waals surface area contributed by atoms with Crippen LogP contribution in [0.2, 0.25) is 0 Å². The third-order valence-corrected chi connectivity index (χ3v) is 6.02. The van der Waals surface area contributed by atoms with Crippen LogP contribution in [0.25, 0.3) is 10.8 Å². The number of fused-ring (bicyclic) bond motifs is 1. The second-order valence-electron chi connectivity index (χ2n) is 4.13. The average molecular weight is 419 g/mol. The van der Waals surface area contributed by atoms with Gasteiger partial charge in [-0.1, -0.05) is 68.3 Å². The number of alkyl halides is 2. The summed E-state index contributed by atoms with van der Waals surface area (Å²) in [6.07, 6.45) is -0.522. The van der Waals surface area contributed by atoms with Crippen molar-refractivity contribution in [3.8, 4) is 5.75 Å². The van der Waals surface area contributed by atoms with Crippen molar-refractivity contribution >= 4 is 61.4 Å². The Kier molecular flexibility index (Phi) is 5.74. The van der Waals surface area contributed by atoms with Crippen molar-refractivity contribution in [1.82, 2.24) is 5.32 Å². The van der Waals surface area contributed by atoms with Crippen LogP contribution < -0.4 is 10.1 Å². The molecule has 0 bridgehead atoms. The maximum Gasteiger partial charge on any atom is 0.413 e. The molecule has 0 saturated carbocycles. The lowest BCUT2D eigenvalue weighted by atomic mass is 10.1. The van der Waals surface area contributed by atoms with Crippen molar-refractivity contribution in [3.05, 3.63) is 42.5 Å². The first kappa shape index (κ1) is 15.7. The number of carbonyl (C=O) groups excluding carboxylic acids is 1. The molecule has 20 heavy (non-hydrogen) atoms. The second-order valence-corrected chi connectivity index (χ2v) is 6.51. The number of thiol groups is 1. The Morgan fingerprint density at radius 3 is 2.70 bits per heavy atom. The van der Waals surface area contributed by atoms with Gasteiger partial charge in [0.1, 0.15) is 5.75 Å². The minimum atomic E-state index is -0.522. The number of rotatable bonds is 4. The molecule has 2 atom stereocenters. The molecule has 0 aliphatic rings. The fraction of sp³-hybridized carbons (Fsp3) is 0.214. The summed E-state index contributed by atoms with van der Waals surface area (Å²) in [4.78, 5) is 11.9. The lowest BCUT2D eigenvalue weighted by molar-refractivity contribution is 0.200. The highest BCUT2D eigenvalue weighted by atomic mass is 79.9. The first-order valence-electron chi connectivity index (χ1n) is 5.96. The minimum Gasteiger partial charge on any atom is -0.410 e. The maximum absolute atomic E-state index is 11.9.